The number of ether oxygens (including phenoxy) is 3. The quantitative estimate of drug-likeness (QED) is 0.0260. The number of carbonyl (C=O) groups is 3. The molecule has 0 radical (unpaired) electrons. The zero-order chi connectivity index (χ0) is 46.3. The van der Waals surface area contributed by atoms with Crippen molar-refractivity contribution in [1.29, 1.82) is 0 Å². The third-order valence-electron chi connectivity index (χ3n) is 10.8. The van der Waals surface area contributed by atoms with Crippen LogP contribution in [0.25, 0.3) is 0 Å². The van der Waals surface area contributed by atoms with Crippen molar-refractivity contribution in [1.82, 2.24) is 0 Å². The number of likely N-dealkylation sites (N-methyl/N-ethyl adjacent to an activating group) is 1. The molecule has 2 unspecified atom stereocenters. The van der Waals surface area contributed by atoms with E-state index in [-0.39, 0.29) is 49.1 Å². The predicted molar refractivity (Wildman–Crippen MR) is 263 cm³/mol. The van der Waals surface area contributed by atoms with Crippen LogP contribution in [0.3, 0.4) is 0 Å². The maximum Gasteiger partial charge on any atom is 0.306 e. The second-order valence-electron chi connectivity index (χ2n) is 17.7. The molecule has 0 N–H and O–H groups in total. The number of aliphatic carboxylic acids is 1. The first kappa shape index (κ1) is 59.5. The topological polar surface area (TPSA) is 102 Å². The fourth-order valence-electron chi connectivity index (χ4n) is 6.90. The lowest BCUT2D eigenvalue weighted by atomic mass is 10.1. The van der Waals surface area contributed by atoms with Gasteiger partial charge in [-0.25, -0.2) is 0 Å². The number of esters is 2. The van der Waals surface area contributed by atoms with Crippen LogP contribution in [0, 0.1) is 0 Å². The van der Waals surface area contributed by atoms with E-state index in [0.29, 0.717) is 12.8 Å². The first-order chi connectivity index (χ1) is 30.6. The van der Waals surface area contributed by atoms with Gasteiger partial charge in [-0.05, 0) is 83.5 Å². The number of carbonyl (C=O) groups excluding carboxylic acids is 3. The summed E-state index contributed by atoms with van der Waals surface area (Å²) in [5, 5.41) is 11.7. The lowest BCUT2D eigenvalue weighted by Gasteiger charge is -2.34. The highest BCUT2D eigenvalue weighted by Crippen LogP contribution is 2.14. The number of carboxylic acids is 1. The minimum absolute atomic E-state index is 0.0184. The van der Waals surface area contributed by atoms with Gasteiger partial charge in [-0.2, -0.15) is 0 Å². The van der Waals surface area contributed by atoms with Gasteiger partial charge in [0, 0.05) is 19.3 Å². The smallest absolute Gasteiger partial charge is 0.306 e. The number of hydrogen-bond donors (Lipinski definition) is 0. The number of hydrogen-bond acceptors (Lipinski definition) is 7. The van der Waals surface area contributed by atoms with E-state index in [0.717, 1.165) is 70.6 Å². The summed E-state index contributed by atoms with van der Waals surface area (Å²) in [4.78, 5) is 37.0. The van der Waals surface area contributed by atoms with Gasteiger partial charge in [0.05, 0.1) is 40.3 Å². The monoisotopic (exact) mass is 880 g/mol. The number of rotatable bonds is 44. The number of nitrogens with zero attached hydrogens (tertiary/aromatic N) is 1. The molecular weight excluding hydrogens is 787 g/mol. The van der Waals surface area contributed by atoms with Crippen LogP contribution in [-0.2, 0) is 28.6 Å². The lowest BCUT2D eigenvalue weighted by Crippen LogP contribution is -2.55. The number of quaternary nitrogens is 1. The average Bonchev–Trinajstić information content (AvgIpc) is 3.24. The molecular formula is C55H93NO7. The molecule has 0 rings (SSSR count). The SMILES string of the molecule is CC/C=C/C/C=C/C/C=C/C/C=C/CCCCCCCCCCCC(=O)OC(COCCC(C(=O)[O-])[N+](C)(C)C)COC(=O)CCC/C=C/C/C=C/C/C=C/CCCCCCCC. The van der Waals surface area contributed by atoms with Crippen molar-refractivity contribution < 1.29 is 38.2 Å². The summed E-state index contributed by atoms with van der Waals surface area (Å²) >= 11 is 0. The molecule has 0 amide bonds. The average molecular weight is 880 g/mol. The summed E-state index contributed by atoms with van der Waals surface area (Å²) in [5.41, 5.74) is 0. The molecule has 63 heavy (non-hydrogen) atoms. The number of allylic oxidation sites excluding steroid dienone is 14. The summed E-state index contributed by atoms with van der Waals surface area (Å²) < 4.78 is 17.2. The van der Waals surface area contributed by atoms with Crippen LogP contribution < -0.4 is 5.11 Å². The van der Waals surface area contributed by atoms with Gasteiger partial charge in [0.15, 0.2) is 6.10 Å². The van der Waals surface area contributed by atoms with E-state index in [1.165, 1.54) is 83.5 Å². The summed E-state index contributed by atoms with van der Waals surface area (Å²) in [5.74, 6) is -1.81. The minimum Gasteiger partial charge on any atom is -0.544 e. The lowest BCUT2D eigenvalue weighted by molar-refractivity contribution is -0.889. The van der Waals surface area contributed by atoms with Gasteiger partial charge in [-0.1, -0.05) is 176 Å². The molecule has 0 heterocycles. The van der Waals surface area contributed by atoms with Crippen LogP contribution >= 0.6 is 0 Å². The van der Waals surface area contributed by atoms with Gasteiger partial charge in [-0.15, -0.1) is 0 Å². The molecule has 0 saturated heterocycles. The van der Waals surface area contributed by atoms with E-state index >= 15 is 0 Å². The van der Waals surface area contributed by atoms with Crippen molar-refractivity contribution in [2.45, 2.75) is 206 Å². The molecule has 0 aliphatic heterocycles. The van der Waals surface area contributed by atoms with Crippen molar-refractivity contribution in [3.05, 3.63) is 85.1 Å². The van der Waals surface area contributed by atoms with Crippen molar-refractivity contribution in [3.63, 3.8) is 0 Å². The van der Waals surface area contributed by atoms with Gasteiger partial charge in [0.1, 0.15) is 12.6 Å². The van der Waals surface area contributed by atoms with E-state index in [9.17, 15) is 19.5 Å². The first-order valence-electron chi connectivity index (χ1n) is 25.1. The third-order valence-corrected chi connectivity index (χ3v) is 10.8. The Morgan fingerprint density at radius 3 is 1.37 bits per heavy atom. The van der Waals surface area contributed by atoms with Crippen molar-refractivity contribution in [2.75, 3.05) is 41.0 Å². The second kappa shape index (κ2) is 45.1. The molecule has 0 aromatic rings. The van der Waals surface area contributed by atoms with Crippen LogP contribution in [0.5, 0.6) is 0 Å². The zero-order valence-corrected chi connectivity index (χ0v) is 41.0. The molecule has 0 fully saturated rings. The third kappa shape index (κ3) is 43.5. The molecule has 0 aromatic carbocycles. The maximum absolute atomic E-state index is 12.8. The largest absolute Gasteiger partial charge is 0.544 e. The van der Waals surface area contributed by atoms with E-state index in [1.54, 1.807) is 21.1 Å². The Labute approximate surface area is 386 Å². The van der Waals surface area contributed by atoms with Crippen LogP contribution in [0.1, 0.15) is 194 Å². The first-order valence-corrected chi connectivity index (χ1v) is 25.1. The van der Waals surface area contributed by atoms with E-state index in [2.05, 4.69) is 98.9 Å². The van der Waals surface area contributed by atoms with Gasteiger partial charge >= 0.3 is 11.9 Å². The summed E-state index contributed by atoms with van der Waals surface area (Å²) in [6, 6.07) is -0.739. The molecule has 0 bridgehead atoms. The Hall–Kier alpha value is -3.49. The highest BCUT2D eigenvalue weighted by Gasteiger charge is 2.25. The maximum atomic E-state index is 12.8. The fraction of sp³-hybridized carbons (Fsp3) is 0.691. The van der Waals surface area contributed by atoms with Crippen LogP contribution in [0.15, 0.2) is 85.1 Å². The molecule has 0 saturated carbocycles. The Morgan fingerprint density at radius 2 is 0.905 bits per heavy atom. The van der Waals surface area contributed by atoms with Crippen LogP contribution in [0.2, 0.25) is 0 Å². The van der Waals surface area contributed by atoms with Gasteiger partial charge in [0.2, 0.25) is 0 Å². The summed E-state index contributed by atoms with van der Waals surface area (Å²) in [7, 11) is 5.39. The molecule has 0 aliphatic rings. The normalized spacial score (nSPS) is 13.6. The molecule has 0 spiro atoms. The fourth-order valence-corrected chi connectivity index (χ4v) is 6.90. The predicted octanol–water partition coefficient (Wildman–Crippen LogP) is 13.1. The van der Waals surface area contributed by atoms with E-state index < -0.39 is 18.1 Å². The molecule has 0 aliphatic carbocycles. The van der Waals surface area contributed by atoms with Crippen molar-refractivity contribution in [2.24, 2.45) is 0 Å². The molecule has 360 valence electrons. The van der Waals surface area contributed by atoms with E-state index in [4.69, 9.17) is 14.2 Å². The Balaban J connectivity index is 4.35. The van der Waals surface area contributed by atoms with E-state index in [1.807, 2.05) is 0 Å². The van der Waals surface area contributed by atoms with Crippen molar-refractivity contribution in [3.8, 4) is 0 Å². The summed E-state index contributed by atoms with van der Waals surface area (Å²) in [6.07, 6.45) is 59.0. The van der Waals surface area contributed by atoms with Crippen molar-refractivity contribution >= 4 is 17.9 Å². The Bertz CT molecular complexity index is 1300. The molecule has 0 aromatic heterocycles. The second-order valence-corrected chi connectivity index (χ2v) is 17.7. The zero-order valence-electron chi connectivity index (χ0n) is 41.0. The number of unbranched alkanes of at least 4 members (excludes halogenated alkanes) is 16. The van der Waals surface area contributed by atoms with Crippen LogP contribution in [-0.4, -0.2) is 75.5 Å². The van der Waals surface area contributed by atoms with Gasteiger partial charge in [-0.3, -0.25) is 9.59 Å². The number of carboxylic acid groups (broad SMARTS) is 1. The highest BCUT2D eigenvalue weighted by molar-refractivity contribution is 5.70. The van der Waals surface area contributed by atoms with Gasteiger partial charge < -0.3 is 28.6 Å². The molecule has 8 heteroatoms. The standard InChI is InChI=1S/C55H93NO7/c1-6-8-10-12-14-16-18-20-22-24-25-26-27-28-30-32-34-36-38-40-42-44-46-54(58)63-51(49-61-48-47-52(55(59)60)56(3,4)5)50-62-53(57)45-43-41-39-37-35-33-31-29-23-21-19-17-15-13-11-9-7-2/h8,10,14,16,20-23,25-26,31,33,37,39,51-52H,6-7,9,11-13,15,17-19,24,27-30,32,34-36,38,40-50H2,1-5H3/b10-8+,16-14+,22-20+,23-21+,26-25+,33-31+,39-37+. The molecule has 8 nitrogen and oxygen atoms in total. The highest BCUT2D eigenvalue weighted by atomic mass is 16.6. The Kier molecular flexibility index (Phi) is 42.6. The summed E-state index contributed by atoms with van der Waals surface area (Å²) in [6.45, 7) is 4.48. The Morgan fingerprint density at radius 1 is 0.492 bits per heavy atom. The molecule has 2 atom stereocenters. The van der Waals surface area contributed by atoms with Gasteiger partial charge in [0.25, 0.3) is 0 Å². The van der Waals surface area contributed by atoms with Crippen LogP contribution in [0.4, 0.5) is 0 Å². The minimum atomic E-state index is -1.13.